The molecule has 1 saturated heterocycles. The Labute approximate surface area is 175 Å². The number of sulfonamides is 1. The van der Waals surface area contributed by atoms with Crippen LogP contribution < -0.4 is 20.5 Å². The molecule has 2 aromatic rings. The number of hydrogen-bond donors (Lipinski definition) is 3. The zero-order valence-electron chi connectivity index (χ0n) is 16.6. The van der Waals surface area contributed by atoms with Crippen LogP contribution in [0.5, 0.6) is 0 Å². The van der Waals surface area contributed by atoms with Crippen LogP contribution in [0, 0.1) is 6.92 Å². The summed E-state index contributed by atoms with van der Waals surface area (Å²) in [5.74, 6) is -0.363. The molecule has 2 aromatic carbocycles. The van der Waals surface area contributed by atoms with Crippen LogP contribution in [0.1, 0.15) is 41.6 Å². The lowest BCUT2D eigenvalue weighted by Gasteiger charge is -2.20. The molecule has 1 heterocycles. The molecule has 1 aliphatic carbocycles. The van der Waals surface area contributed by atoms with Gasteiger partial charge in [-0.15, -0.1) is 0 Å². The standard InChI is InChI=1S/C21H24N4O4S/c1-14-4-11-19(25-12-2-3-20(25)26)18(13-14)21(27)23-22-15-7-9-17(10-8-15)30(28,29)24-16-5-6-16/h4,7-11,13,16,22,24H,2-3,5-6,12H2,1H3,(H,23,27). The normalized spacial score (nSPS) is 16.6. The van der Waals surface area contributed by atoms with E-state index >= 15 is 0 Å². The fraction of sp³-hybridized carbons (Fsp3) is 0.333. The summed E-state index contributed by atoms with van der Waals surface area (Å²) in [5.41, 5.74) is 7.89. The quantitative estimate of drug-likeness (QED) is 0.587. The van der Waals surface area contributed by atoms with E-state index in [0.717, 1.165) is 24.8 Å². The number of carbonyl (C=O) groups is 2. The Morgan fingerprint density at radius 3 is 2.47 bits per heavy atom. The van der Waals surface area contributed by atoms with Crippen molar-refractivity contribution in [3.05, 3.63) is 53.6 Å². The highest BCUT2D eigenvalue weighted by molar-refractivity contribution is 7.89. The average Bonchev–Trinajstić information content (AvgIpc) is 3.43. The first-order chi connectivity index (χ1) is 14.3. The minimum Gasteiger partial charge on any atom is -0.312 e. The fourth-order valence-electron chi connectivity index (χ4n) is 3.37. The van der Waals surface area contributed by atoms with E-state index in [0.29, 0.717) is 29.9 Å². The third kappa shape index (κ3) is 4.47. The van der Waals surface area contributed by atoms with Gasteiger partial charge in [0.2, 0.25) is 15.9 Å². The predicted octanol–water partition coefficient (Wildman–Crippen LogP) is 2.32. The van der Waals surface area contributed by atoms with E-state index in [1.54, 1.807) is 29.2 Å². The SMILES string of the molecule is Cc1ccc(N2CCCC2=O)c(C(=O)NNc2ccc(S(=O)(=O)NC3CC3)cc2)c1. The molecule has 0 aromatic heterocycles. The summed E-state index contributed by atoms with van der Waals surface area (Å²) in [5, 5.41) is 0. The fourth-order valence-corrected chi connectivity index (χ4v) is 4.68. The van der Waals surface area contributed by atoms with Crippen LogP contribution in [0.4, 0.5) is 11.4 Å². The number of hydrogen-bond acceptors (Lipinski definition) is 5. The van der Waals surface area contributed by atoms with Crippen LogP contribution in [0.25, 0.3) is 0 Å². The van der Waals surface area contributed by atoms with Crippen LogP contribution in [0.2, 0.25) is 0 Å². The monoisotopic (exact) mass is 428 g/mol. The lowest BCUT2D eigenvalue weighted by molar-refractivity contribution is -0.117. The first kappa shape index (κ1) is 20.4. The molecule has 1 saturated carbocycles. The molecule has 4 rings (SSSR count). The Balaban J connectivity index is 1.45. The van der Waals surface area contributed by atoms with Crippen molar-refractivity contribution in [2.45, 2.75) is 43.5 Å². The molecule has 0 radical (unpaired) electrons. The van der Waals surface area contributed by atoms with Gasteiger partial charge in [-0.1, -0.05) is 11.6 Å². The molecular formula is C21H24N4O4S. The number of nitrogens with zero attached hydrogens (tertiary/aromatic N) is 1. The number of hydrazine groups is 1. The maximum atomic E-state index is 12.8. The van der Waals surface area contributed by atoms with E-state index in [4.69, 9.17) is 0 Å². The molecule has 2 fully saturated rings. The molecule has 3 N–H and O–H groups in total. The lowest BCUT2D eigenvalue weighted by Crippen LogP contribution is -2.32. The van der Waals surface area contributed by atoms with Gasteiger partial charge in [-0.05, 0) is 62.6 Å². The van der Waals surface area contributed by atoms with E-state index in [9.17, 15) is 18.0 Å². The molecule has 2 aliphatic rings. The number of rotatable bonds is 7. The molecule has 8 nitrogen and oxygen atoms in total. The molecule has 2 amide bonds. The number of benzene rings is 2. The number of aryl methyl sites for hydroxylation is 1. The summed E-state index contributed by atoms with van der Waals surface area (Å²) in [4.78, 5) is 26.7. The minimum absolute atomic E-state index is 0.0115. The summed E-state index contributed by atoms with van der Waals surface area (Å²) < 4.78 is 27.1. The topological polar surface area (TPSA) is 108 Å². The van der Waals surface area contributed by atoms with Crippen molar-refractivity contribution in [3.8, 4) is 0 Å². The van der Waals surface area contributed by atoms with E-state index in [2.05, 4.69) is 15.6 Å². The zero-order chi connectivity index (χ0) is 21.3. The molecule has 0 bridgehead atoms. The largest absolute Gasteiger partial charge is 0.312 e. The van der Waals surface area contributed by atoms with Gasteiger partial charge in [0, 0.05) is 19.0 Å². The third-order valence-corrected chi connectivity index (χ3v) is 6.68. The Morgan fingerprint density at radius 2 is 1.83 bits per heavy atom. The zero-order valence-corrected chi connectivity index (χ0v) is 17.5. The van der Waals surface area contributed by atoms with Gasteiger partial charge < -0.3 is 4.90 Å². The van der Waals surface area contributed by atoms with Crippen molar-refractivity contribution < 1.29 is 18.0 Å². The predicted molar refractivity (Wildman–Crippen MR) is 114 cm³/mol. The smallest absolute Gasteiger partial charge is 0.271 e. The van der Waals surface area contributed by atoms with Crippen molar-refractivity contribution in [2.24, 2.45) is 0 Å². The summed E-state index contributed by atoms with van der Waals surface area (Å²) in [6.45, 7) is 2.48. The number of amides is 2. The van der Waals surface area contributed by atoms with Gasteiger partial charge in [0.15, 0.2) is 0 Å². The highest BCUT2D eigenvalue weighted by Gasteiger charge is 2.28. The van der Waals surface area contributed by atoms with Crippen molar-refractivity contribution in [3.63, 3.8) is 0 Å². The van der Waals surface area contributed by atoms with E-state index in [-0.39, 0.29) is 22.8 Å². The van der Waals surface area contributed by atoms with Gasteiger partial charge >= 0.3 is 0 Å². The summed E-state index contributed by atoms with van der Waals surface area (Å²) in [6.07, 6.45) is 3.00. The lowest BCUT2D eigenvalue weighted by atomic mass is 10.1. The van der Waals surface area contributed by atoms with Gasteiger partial charge in [0.05, 0.1) is 21.8 Å². The van der Waals surface area contributed by atoms with Crippen LogP contribution in [-0.2, 0) is 14.8 Å². The Hall–Kier alpha value is -2.91. The van der Waals surface area contributed by atoms with Gasteiger partial charge in [0.1, 0.15) is 0 Å². The van der Waals surface area contributed by atoms with Crippen LogP contribution in [0.15, 0.2) is 47.4 Å². The van der Waals surface area contributed by atoms with Crippen molar-refractivity contribution in [1.82, 2.24) is 10.1 Å². The summed E-state index contributed by atoms with van der Waals surface area (Å²) in [7, 11) is -3.52. The molecule has 0 unspecified atom stereocenters. The highest BCUT2D eigenvalue weighted by Crippen LogP contribution is 2.27. The molecule has 30 heavy (non-hydrogen) atoms. The molecule has 0 atom stereocenters. The van der Waals surface area contributed by atoms with E-state index in [1.165, 1.54) is 12.1 Å². The molecule has 158 valence electrons. The second-order valence-electron chi connectivity index (χ2n) is 7.67. The van der Waals surface area contributed by atoms with Crippen molar-refractivity contribution >= 4 is 33.2 Å². The molecule has 9 heteroatoms. The highest BCUT2D eigenvalue weighted by atomic mass is 32.2. The Kier molecular flexibility index (Phi) is 5.48. The Bertz CT molecular complexity index is 1080. The number of anilines is 2. The summed E-state index contributed by atoms with van der Waals surface area (Å²) >= 11 is 0. The maximum absolute atomic E-state index is 12.8. The third-order valence-electron chi connectivity index (χ3n) is 5.15. The van der Waals surface area contributed by atoms with Crippen LogP contribution >= 0.6 is 0 Å². The molecule has 0 spiro atoms. The number of carbonyl (C=O) groups excluding carboxylic acids is 2. The summed E-state index contributed by atoms with van der Waals surface area (Å²) in [6, 6.07) is 11.6. The first-order valence-electron chi connectivity index (χ1n) is 9.93. The first-order valence-corrected chi connectivity index (χ1v) is 11.4. The maximum Gasteiger partial charge on any atom is 0.271 e. The van der Waals surface area contributed by atoms with Gasteiger partial charge in [-0.25, -0.2) is 13.1 Å². The molecular weight excluding hydrogens is 404 g/mol. The average molecular weight is 429 g/mol. The van der Waals surface area contributed by atoms with Crippen molar-refractivity contribution in [1.29, 1.82) is 0 Å². The number of nitrogens with one attached hydrogen (secondary N) is 3. The van der Waals surface area contributed by atoms with Crippen LogP contribution in [0.3, 0.4) is 0 Å². The van der Waals surface area contributed by atoms with E-state index in [1.807, 2.05) is 13.0 Å². The van der Waals surface area contributed by atoms with Gasteiger partial charge in [-0.3, -0.25) is 20.4 Å². The van der Waals surface area contributed by atoms with Gasteiger partial charge in [0.25, 0.3) is 5.91 Å². The minimum atomic E-state index is -3.52. The molecule has 1 aliphatic heterocycles. The van der Waals surface area contributed by atoms with Crippen LogP contribution in [-0.4, -0.2) is 32.8 Å². The van der Waals surface area contributed by atoms with Crippen molar-refractivity contribution in [2.75, 3.05) is 16.9 Å². The Morgan fingerprint density at radius 1 is 1.10 bits per heavy atom. The second kappa shape index (κ2) is 8.08. The van der Waals surface area contributed by atoms with Gasteiger partial charge in [-0.2, -0.15) is 0 Å². The second-order valence-corrected chi connectivity index (χ2v) is 9.38. The van der Waals surface area contributed by atoms with E-state index < -0.39 is 10.0 Å².